The van der Waals surface area contributed by atoms with Crippen molar-refractivity contribution < 1.29 is 17.6 Å². The zero-order valence-electron chi connectivity index (χ0n) is 16.7. The number of piperidine rings is 1. The number of amides is 1. The molecule has 8 nitrogen and oxygen atoms in total. The number of benzene rings is 1. The van der Waals surface area contributed by atoms with Gasteiger partial charge in [0.1, 0.15) is 4.90 Å². The first-order chi connectivity index (χ1) is 14.3. The minimum absolute atomic E-state index is 0.0691. The van der Waals surface area contributed by atoms with Crippen LogP contribution >= 0.6 is 11.3 Å². The Hall–Kier alpha value is -2.72. The lowest BCUT2D eigenvalue weighted by Gasteiger charge is -2.24. The fraction of sp³-hybridized carbons (Fsp3) is 0.350. The van der Waals surface area contributed by atoms with E-state index in [-0.39, 0.29) is 22.6 Å². The van der Waals surface area contributed by atoms with Crippen molar-refractivity contribution in [2.75, 3.05) is 17.8 Å². The molecule has 1 N–H and O–H groups in total. The van der Waals surface area contributed by atoms with Crippen molar-refractivity contribution in [3.63, 3.8) is 0 Å². The number of para-hydroxylation sites is 1. The number of hydrogen-bond donors (Lipinski definition) is 1. The van der Waals surface area contributed by atoms with Crippen LogP contribution in [0.3, 0.4) is 0 Å². The molecule has 0 radical (unpaired) electrons. The molecule has 0 bridgehead atoms. The molecule has 1 saturated heterocycles. The van der Waals surface area contributed by atoms with Gasteiger partial charge in [0.25, 0.3) is 15.9 Å². The molecule has 10 heteroatoms. The number of nitrogens with one attached hydrogen (secondary N) is 1. The largest absolute Gasteiger partial charge is 0.411 e. The van der Waals surface area contributed by atoms with Crippen LogP contribution in [-0.4, -0.2) is 42.5 Å². The second kappa shape index (κ2) is 8.19. The smallest absolute Gasteiger partial charge is 0.311 e. The van der Waals surface area contributed by atoms with Crippen molar-refractivity contribution in [1.29, 1.82) is 0 Å². The van der Waals surface area contributed by atoms with Crippen molar-refractivity contribution >= 4 is 33.0 Å². The maximum atomic E-state index is 12.9. The first-order valence-electron chi connectivity index (χ1n) is 9.67. The molecule has 1 aliphatic rings. The van der Waals surface area contributed by atoms with Gasteiger partial charge in [0.15, 0.2) is 0 Å². The summed E-state index contributed by atoms with van der Waals surface area (Å²) in [6.45, 7) is 4.92. The van der Waals surface area contributed by atoms with Gasteiger partial charge in [-0.3, -0.25) is 9.52 Å². The number of carbonyl (C=O) groups is 1. The van der Waals surface area contributed by atoms with E-state index in [9.17, 15) is 13.2 Å². The molecule has 3 heterocycles. The summed E-state index contributed by atoms with van der Waals surface area (Å²) in [6, 6.07) is 8.67. The Morgan fingerprint density at radius 2 is 1.87 bits per heavy atom. The summed E-state index contributed by atoms with van der Waals surface area (Å²) in [5, 5.41) is 7.85. The standard InChI is InChI=1S/C20H22N4O4S2/c1-13-8-4-5-9-15(13)23-30(26,27)17-12-16(29-14(17)2)18-21-22-19(28-18)20(25)24-10-6-3-7-11-24/h4-5,8-9,12,23H,3,6-7,10-11H2,1-2H3. The SMILES string of the molecule is Cc1ccccc1NS(=O)(=O)c1cc(-c2nnc(C(=O)N3CCCCC3)o2)sc1C. The van der Waals surface area contributed by atoms with Crippen LogP contribution in [0.5, 0.6) is 0 Å². The lowest BCUT2D eigenvalue weighted by molar-refractivity contribution is 0.0684. The first kappa shape index (κ1) is 20.5. The second-order valence-corrected chi connectivity index (χ2v) is 10.1. The van der Waals surface area contributed by atoms with Gasteiger partial charge in [-0.1, -0.05) is 18.2 Å². The van der Waals surface area contributed by atoms with Gasteiger partial charge >= 0.3 is 11.8 Å². The van der Waals surface area contributed by atoms with Crippen LogP contribution in [0.15, 0.2) is 39.6 Å². The summed E-state index contributed by atoms with van der Waals surface area (Å²) >= 11 is 1.23. The number of nitrogens with zero attached hydrogens (tertiary/aromatic N) is 3. The highest BCUT2D eigenvalue weighted by Gasteiger charge is 2.26. The third kappa shape index (κ3) is 4.10. The molecule has 3 aromatic rings. The quantitative estimate of drug-likeness (QED) is 0.638. The second-order valence-electron chi connectivity index (χ2n) is 7.22. The third-order valence-electron chi connectivity index (χ3n) is 5.01. The van der Waals surface area contributed by atoms with Gasteiger partial charge in [-0.2, -0.15) is 0 Å². The highest BCUT2D eigenvalue weighted by atomic mass is 32.2. The number of aryl methyl sites for hydroxylation is 2. The van der Waals surface area contributed by atoms with Crippen LogP contribution in [0.4, 0.5) is 5.69 Å². The number of aromatic nitrogens is 2. The molecule has 0 atom stereocenters. The molecule has 2 aromatic heterocycles. The zero-order valence-corrected chi connectivity index (χ0v) is 18.3. The van der Waals surface area contributed by atoms with Gasteiger partial charge < -0.3 is 9.32 Å². The molecule has 0 unspecified atom stereocenters. The molecule has 1 amide bonds. The summed E-state index contributed by atoms with van der Waals surface area (Å²) in [5.41, 5.74) is 1.35. The predicted molar refractivity (Wildman–Crippen MR) is 114 cm³/mol. The summed E-state index contributed by atoms with van der Waals surface area (Å²) in [7, 11) is -3.78. The van der Waals surface area contributed by atoms with E-state index in [2.05, 4.69) is 14.9 Å². The number of likely N-dealkylation sites (tertiary alicyclic amines) is 1. The van der Waals surface area contributed by atoms with E-state index in [0.717, 1.165) is 24.8 Å². The normalized spacial score (nSPS) is 14.7. The van der Waals surface area contributed by atoms with Gasteiger partial charge in [0.05, 0.1) is 10.6 Å². The summed E-state index contributed by atoms with van der Waals surface area (Å²) in [6.07, 6.45) is 3.04. The lowest BCUT2D eigenvalue weighted by atomic mass is 10.1. The molecule has 4 rings (SSSR count). The molecule has 158 valence electrons. The molecular weight excluding hydrogens is 424 g/mol. The van der Waals surface area contributed by atoms with E-state index >= 15 is 0 Å². The summed E-state index contributed by atoms with van der Waals surface area (Å²) < 4.78 is 34.0. The fourth-order valence-corrected chi connectivity index (χ4v) is 6.01. The monoisotopic (exact) mass is 446 g/mol. The maximum absolute atomic E-state index is 12.9. The number of hydrogen-bond acceptors (Lipinski definition) is 7. The number of sulfonamides is 1. The molecular formula is C20H22N4O4S2. The van der Waals surface area contributed by atoms with Crippen LogP contribution in [0.25, 0.3) is 10.8 Å². The maximum Gasteiger partial charge on any atom is 0.311 e. The van der Waals surface area contributed by atoms with Gasteiger partial charge in [0.2, 0.25) is 0 Å². The molecule has 30 heavy (non-hydrogen) atoms. The van der Waals surface area contributed by atoms with Crippen molar-refractivity contribution in [3.05, 3.63) is 46.7 Å². The first-order valence-corrected chi connectivity index (χ1v) is 12.0. The number of carbonyl (C=O) groups excluding carboxylic acids is 1. The average Bonchev–Trinajstić information content (AvgIpc) is 3.37. The van der Waals surface area contributed by atoms with Crippen molar-refractivity contribution in [2.45, 2.75) is 38.0 Å². The summed E-state index contributed by atoms with van der Waals surface area (Å²) in [4.78, 5) is 15.5. The molecule has 0 spiro atoms. The molecule has 0 aliphatic carbocycles. The van der Waals surface area contributed by atoms with Crippen molar-refractivity contribution in [1.82, 2.24) is 15.1 Å². The van der Waals surface area contributed by atoms with Crippen LogP contribution in [-0.2, 0) is 10.0 Å². The number of anilines is 1. The molecule has 1 aromatic carbocycles. The Labute approximate surface area is 179 Å². The lowest BCUT2D eigenvalue weighted by Crippen LogP contribution is -2.35. The van der Waals surface area contributed by atoms with Gasteiger partial charge in [0, 0.05) is 18.0 Å². The summed E-state index contributed by atoms with van der Waals surface area (Å²) in [5.74, 6) is -0.211. The molecule has 1 fully saturated rings. The molecule has 0 saturated carbocycles. The van der Waals surface area contributed by atoms with E-state index in [1.165, 1.54) is 17.4 Å². The fourth-order valence-electron chi connectivity index (χ4n) is 3.37. The van der Waals surface area contributed by atoms with E-state index in [4.69, 9.17) is 4.42 Å². The van der Waals surface area contributed by atoms with Crippen LogP contribution in [0.2, 0.25) is 0 Å². The third-order valence-corrected chi connectivity index (χ3v) is 7.67. The number of rotatable bonds is 5. The Kier molecular flexibility index (Phi) is 5.61. The van der Waals surface area contributed by atoms with Gasteiger partial charge in [-0.25, -0.2) is 8.42 Å². The van der Waals surface area contributed by atoms with Crippen LogP contribution in [0.1, 0.15) is 40.4 Å². The highest BCUT2D eigenvalue weighted by Crippen LogP contribution is 2.34. The predicted octanol–water partition coefficient (Wildman–Crippen LogP) is 3.84. The topological polar surface area (TPSA) is 105 Å². The zero-order chi connectivity index (χ0) is 21.3. The van der Waals surface area contributed by atoms with Gasteiger partial charge in [-0.05, 0) is 50.8 Å². The minimum atomic E-state index is -3.78. The average molecular weight is 447 g/mol. The Balaban J connectivity index is 1.58. The van der Waals surface area contributed by atoms with Crippen LogP contribution < -0.4 is 4.72 Å². The van der Waals surface area contributed by atoms with E-state index < -0.39 is 10.0 Å². The van der Waals surface area contributed by atoms with Gasteiger partial charge in [-0.15, -0.1) is 21.5 Å². The van der Waals surface area contributed by atoms with Crippen LogP contribution in [0, 0.1) is 13.8 Å². The van der Waals surface area contributed by atoms with E-state index in [0.29, 0.717) is 28.5 Å². The minimum Gasteiger partial charge on any atom is -0.411 e. The Morgan fingerprint density at radius 3 is 2.60 bits per heavy atom. The highest BCUT2D eigenvalue weighted by molar-refractivity contribution is 7.93. The Morgan fingerprint density at radius 1 is 1.13 bits per heavy atom. The number of thiophene rings is 1. The van der Waals surface area contributed by atoms with E-state index in [1.807, 2.05) is 19.1 Å². The molecule has 1 aliphatic heterocycles. The van der Waals surface area contributed by atoms with Crippen molar-refractivity contribution in [3.8, 4) is 10.8 Å². The van der Waals surface area contributed by atoms with Crippen molar-refractivity contribution in [2.24, 2.45) is 0 Å². The van der Waals surface area contributed by atoms with E-state index in [1.54, 1.807) is 24.0 Å². The Bertz CT molecular complexity index is 1180.